The molecule has 2 aromatic carbocycles. The first-order chi connectivity index (χ1) is 11.6. The third-order valence-corrected chi connectivity index (χ3v) is 3.72. The molecule has 0 saturated heterocycles. The summed E-state index contributed by atoms with van der Waals surface area (Å²) in [6.07, 6.45) is 1.07. The number of aryl methyl sites for hydroxylation is 1. The van der Waals surface area contributed by atoms with Gasteiger partial charge in [0.05, 0.1) is 11.6 Å². The first kappa shape index (κ1) is 17.2. The van der Waals surface area contributed by atoms with Crippen molar-refractivity contribution in [2.45, 2.75) is 25.3 Å². The number of nitrogens with zero attached hydrogens (tertiary/aromatic N) is 1. The molecule has 0 saturated carbocycles. The van der Waals surface area contributed by atoms with E-state index in [-0.39, 0.29) is 18.7 Å². The van der Waals surface area contributed by atoms with Gasteiger partial charge in [0.2, 0.25) is 11.8 Å². The molecule has 0 aliphatic rings. The smallest absolute Gasteiger partial charge is 0.240 e. The number of carbonyl (C=O) groups excluding carboxylic acids is 2. The maximum Gasteiger partial charge on any atom is 0.240 e. The number of nitrogens with one attached hydrogen (secondary N) is 1. The van der Waals surface area contributed by atoms with Gasteiger partial charge in [-0.05, 0) is 23.6 Å². The molecular weight excluding hydrogens is 302 g/mol. The first-order valence-electron chi connectivity index (χ1n) is 7.70. The van der Waals surface area contributed by atoms with E-state index in [0.29, 0.717) is 17.5 Å². The van der Waals surface area contributed by atoms with Crippen molar-refractivity contribution in [3.05, 3.63) is 71.3 Å². The monoisotopic (exact) mass is 321 g/mol. The Balaban J connectivity index is 1.97. The molecule has 1 atom stereocenters. The molecule has 0 radical (unpaired) electrons. The molecule has 24 heavy (non-hydrogen) atoms. The van der Waals surface area contributed by atoms with Crippen molar-refractivity contribution in [2.75, 3.05) is 0 Å². The Kier molecular flexibility index (Phi) is 6.09. The van der Waals surface area contributed by atoms with Crippen molar-refractivity contribution in [3.63, 3.8) is 0 Å². The second-order valence-electron chi connectivity index (χ2n) is 5.48. The van der Waals surface area contributed by atoms with Gasteiger partial charge in [-0.25, -0.2) is 0 Å². The van der Waals surface area contributed by atoms with Crippen molar-refractivity contribution >= 4 is 11.8 Å². The number of benzene rings is 2. The molecule has 0 aromatic heterocycles. The second kappa shape index (κ2) is 8.49. The zero-order valence-electron chi connectivity index (χ0n) is 13.2. The fraction of sp³-hybridized carbons (Fsp3) is 0.211. The van der Waals surface area contributed by atoms with Crippen LogP contribution >= 0.6 is 0 Å². The number of nitriles is 1. The van der Waals surface area contributed by atoms with Crippen LogP contribution in [0.4, 0.5) is 0 Å². The number of rotatable bonds is 7. The maximum absolute atomic E-state index is 12.1. The van der Waals surface area contributed by atoms with Crippen molar-refractivity contribution < 1.29 is 9.59 Å². The van der Waals surface area contributed by atoms with Gasteiger partial charge in [0.1, 0.15) is 6.04 Å². The average molecular weight is 321 g/mol. The van der Waals surface area contributed by atoms with Gasteiger partial charge in [-0.1, -0.05) is 48.5 Å². The number of carbonyl (C=O) groups is 2. The molecule has 5 nitrogen and oxygen atoms in total. The SMILES string of the molecule is N#Cc1ccccc1C[C@@H](NC(=O)CCc1ccccc1)C(N)=O. The van der Waals surface area contributed by atoms with E-state index in [9.17, 15) is 9.59 Å². The van der Waals surface area contributed by atoms with Crippen molar-refractivity contribution in [1.29, 1.82) is 5.26 Å². The second-order valence-corrected chi connectivity index (χ2v) is 5.48. The van der Waals surface area contributed by atoms with Crippen LogP contribution in [0.1, 0.15) is 23.1 Å². The van der Waals surface area contributed by atoms with Crippen LogP contribution in [-0.4, -0.2) is 17.9 Å². The molecular formula is C19H19N3O2. The Morgan fingerprint density at radius 3 is 2.42 bits per heavy atom. The molecule has 2 amide bonds. The van der Waals surface area contributed by atoms with Crippen LogP contribution < -0.4 is 11.1 Å². The maximum atomic E-state index is 12.1. The van der Waals surface area contributed by atoms with Crippen LogP contribution in [0.15, 0.2) is 54.6 Å². The summed E-state index contributed by atoms with van der Waals surface area (Å²) in [4.78, 5) is 23.7. The van der Waals surface area contributed by atoms with E-state index < -0.39 is 11.9 Å². The minimum absolute atomic E-state index is 0.205. The van der Waals surface area contributed by atoms with Gasteiger partial charge < -0.3 is 11.1 Å². The number of primary amides is 1. The normalized spacial score (nSPS) is 11.3. The summed E-state index contributed by atoms with van der Waals surface area (Å²) < 4.78 is 0. The summed E-state index contributed by atoms with van der Waals surface area (Å²) >= 11 is 0. The Bertz CT molecular complexity index is 751. The van der Waals surface area contributed by atoms with Gasteiger partial charge in [-0.2, -0.15) is 5.26 Å². The standard InChI is InChI=1S/C19H19N3O2/c20-13-16-9-5-4-8-15(16)12-17(19(21)24)22-18(23)11-10-14-6-2-1-3-7-14/h1-9,17H,10-12H2,(H2,21,24)(H,22,23)/t17-/m1/s1. The van der Waals surface area contributed by atoms with Crippen molar-refractivity contribution in [2.24, 2.45) is 5.73 Å². The fourth-order valence-corrected chi connectivity index (χ4v) is 2.42. The molecule has 0 bridgehead atoms. The summed E-state index contributed by atoms with van der Waals surface area (Å²) in [5, 5.41) is 11.8. The van der Waals surface area contributed by atoms with Gasteiger partial charge in [0.25, 0.3) is 0 Å². The van der Waals surface area contributed by atoms with E-state index in [1.165, 1.54) is 0 Å². The van der Waals surface area contributed by atoms with Gasteiger partial charge in [-0.15, -0.1) is 0 Å². The molecule has 2 aromatic rings. The Hall–Kier alpha value is -3.13. The molecule has 0 unspecified atom stereocenters. The zero-order chi connectivity index (χ0) is 17.4. The molecule has 0 aliphatic carbocycles. The van der Waals surface area contributed by atoms with Gasteiger partial charge in [0, 0.05) is 12.8 Å². The van der Waals surface area contributed by atoms with E-state index in [2.05, 4.69) is 11.4 Å². The quantitative estimate of drug-likeness (QED) is 0.812. The molecule has 0 spiro atoms. The molecule has 0 aliphatic heterocycles. The average Bonchev–Trinajstić information content (AvgIpc) is 2.60. The van der Waals surface area contributed by atoms with Gasteiger partial charge >= 0.3 is 0 Å². The molecule has 3 N–H and O–H groups in total. The van der Waals surface area contributed by atoms with Crippen LogP contribution in [0, 0.1) is 11.3 Å². The Labute approximate surface area is 141 Å². The first-order valence-corrected chi connectivity index (χ1v) is 7.70. The largest absolute Gasteiger partial charge is 0.368 e. The molecule has 122 valence electrons. The highest BCUT2D eigenvalue weighted by Gasteiger charge is 2.19. The van der Waals surface area contributed by atoms with Crippen LogP contribution in [-0.2, 0) is 22.4 Å². The van der Waals surface area contributed by atoms with Crippen LogP contribution in [0.3, 0.4) is 0 Å². The summed E-state index contributed by atoms with van der Waals surface area (Å²) in [5.41, 5.74) is 7.61. The number of nitrogens with two attached hydrogens (primary N) is 1. The summed E-state index contributed by atoms with van der Waals surface area (Å²) in [6.45, 7) is 0. The zero-order valence-corrected chi connectivity index (χ0v) is 13.2. The molecule has 2 rings (SSSR count). The fourth-order valence-electron chi connectivity index (χ4n) is 2.42. The predicted octanol–water partition coefficient (Wildman–Crippen LogP) is 1.70. The number of hydrogen-bond acceptors (Lipinski definition) is 3. The lowest BCUT2D eigenvalue weighted by Gasteiger charge is -2.16. The highest BCUT2D eigenvalue weighted by atomic mass is 16.2. The van der Waals surface area contributed by atoms with Crippen LogP contribution in [0.5, 0.6) is 0 Å². The van der Waals surface area contributed by atoms with E-state index in [1.54, 1.807) is 24.3 Å². The van der Waals surface area contributed by atoms with E-state index in [4.69, 9.17) is 11.0 Å². The lowest BCUT2D eigenvalue weighted by molar-refractivity contribution is -0.127. The van der Waals surface area contributed by atoms with Crippen LogP contribution in [0.25, 0.3) is 0 Å². The predicted molar refractivity (Wildman–Crippen MR) is 90.7 cm³/mol. The third-order valence-electron chi connectivity index (χ3n) is 3.72. The molecule has 5 heteroatoms. The minimum atomic E-state index is -0.831. The molecule has 0 heterocycles. The van der Waals surface area contributed by atoms with E-state index in [1.807, 2.05) is 30.3 Å². The summed E-state index contributed by atoms with van der Waals surface area (Å²) in [5.74, 6) is -0.854. The number of amides is 2. The Morgan fingerprint density at radius 1 is 1.08 bits per heavy atom. The van der Waals surface area contributed by atoms with Crippen LogP contribution in [0.2, 0.25) is 0 Å². The third kappa shape index (κ3) is 4.96. The van der Waals surface area contributed by atoms with E-state index in [0.717, 1.165) is 5.56 Å². The highest BCUT2D eigenvalue weighted by Crippen LogP contribution is 2.10. The minimum Gasteiger partial charge on any atom is -0.368 e. The van der Waals surface area contributed by atoms with Gasteiger partial charge in [-0.3, -0.25) is 9.59 Å². The summed E-state index contributed by atoms with van der Waals surface area (Å²) in [7, 11) is 0. The lowest BCUT2D eigenvalue weighted by Crippen LogP contribution is -2.46. The van der Waals surface area contributed by atoms with Crippen molar-refractivity contribution in [3.8, 4) is 6.07 Å². The number of hydrogen-bond donors (Lipinski definition) is 2. The van der Waals surface area contributed by atoms with Crippen molar-refractivity contribution in [1.82, 2.24) is 5.32 Å². The lowest BCUT2D eigenvalue weighted by atomic mass is 10.00. The van der Waals surface area contributed by atoms with Gasteiger partial charge in [0.15, 0.2) is 0 Å². The Morgan fingerprint density at radius 2 is 1.75 bits per heavy atom. The van der Waals surface area contributed by atoms with E-state index >= 15 is 0 Å². The topological polar surface area (TPSA) is 96.0 Å². The highest BCUT2D eigenvalue weighted by molar-refractivity contribution is 5.87. The molecule has 0 fully saturated rings. The summed E-state index contributed by atoms with van der Waals surface area (Å²) in [6, 6.07) is 17.8.